The Kier molecular flexibility index (Phi) is 8.83. The van der Waals surface area contributed by atoms with Crippen LogP contribution >= 0.6 is 11.3 Å². The first-order valence-electron chi connectivity index (χ1n) is 13.1. The van der Waals surface area contributed by atoms with Crippen molar-refractivity contribution in [2.75, 3.05) is 6.54 Å². The summed E-state index contributed by atoms with van der Waals surface area (Å²) in [4.78, 5) is 46.8. The van der Waals surface area contributed by atoms with Crippen molar-refractivity contribution in [1.82, 2.24) is 20.5 Å². The number of carbonyl (C=O) groups excluding carboxylic acids is 3. The Balaban J connectivity index is 1.69. The summed E-state index contributed by atoms with van der Waals surface area (Å²) in [5.74, 6) is -0.495. The number of carbonyl (C=O) groups is 3. The van der Waals surface area contributed by atoms with Crippen LogP contribution < -0.4 is 10.6 Å². The van der Waals surface area contributed by atoms with Crippen LogP contribution in [0, 0.1) is 17.8 Å². The van der Waals surface area contributed by atoms with Crippen LogP contribution in [0.1, 0.15) is 85.0 Å². The van der Waals surface area contributed by atoms with Gasteiger partial charge in [-0.2, -0.15) is 0 Å². The zero-order valence-electron chi connectivity index (χ0n) is 23.5. The van der Waals surface area contributed by atoms with Gasteiger partial charge in [0.25, 0.3) is 0 Å². The van der Waals surface area contributed by atoms with E-state index in [9.17, 15) is 14.4 Å². The highest BCUT2D eigenvalue weighted by atomic mass is 32.1. The quantitative estimate of drug-likeness (QED) is 0.515. The lowest BCUT2D eigenvalue weighted by atomic mass is 9.84. The standard InChI is InChI=1S/C29H42N4O3S/c1-18(20-11-13-21(14-12-20)24-19(2)30-17-37-24)31-26(35)22-10-9-15-33(22)27(36)25(29(6,7)8)32-23(34)16-28(3,4)5/h11-14,17-18,22,25H,9-10,15-16H2,1-8H3,(H,31,35)(H,32,34)/t18-,22-,25+/m0/s1. The molecule has 202 valence electrons. The SMILES string of the molecule is Cc1ncsc1-c1ccc([C@H](C)NC(=O)[C@@H]2CCCN2C(=O)[C@@H](NC(=O)CC(C)(C)C)C(C)(C)C)cc1. The molecule has 0 aliphatic carbocycles. The van der Waals surface area contributed by atoms with E-state index in [2.05, 4.69) is 27.8 Å². The Hall–Kier alpha value is -2.74. The smallest absolute Gasteiger partial charge is 0.246 e. The summed E-state index contributed by atoms with van der Waals surface area (Å²) in [7, 11) is 0. The zero-order chi connectivity index (χ0) is 27.5. The number of aryl methyl sites for hydroxylation is 1. The van der Waals surface area contributed by atoms with E-state index < -0.39 is 17.5 Å². The Morgan fingerprint density at radius 2 is 1.73 bits per heavy atom. The van der Waals surface area contributed by atoms with E-state index in [0.717, 1.165) is 28.1 Å². The van der Waals surface area contributed by atoms with Gasteiger partial charge >= 0.3 is 0 Å². The number of hydrogen-bond donors (Lipinski definition) is 2. The van der Waals surface area contributed by atoms with Crippen molar-refractivity contribution in [1.29, 1.82) is 0 Å². The van der Waals surface area contributed by atoms with Crippen LogP contribution in [0.4, 0.5) is 0 Å². The monoisotopic (exact) mass is 526 g/mol. The van der Waals surface area contributed by atoms with Gasteiger partial charge in [0, 0.05) is 13.0 Å². The van der Waals surface area contributed by atoms with Crippen LogP contribution in [0.2, 0.25) is 0 Å². The minimum atomic E-state index is -0.698. The molecule has 0 bridgehead atoms. The molecule has 1 aromatic heterocycles. The van der Waals surface area contributed by atoms with E-state index in [1.807, 2.05) is 73.0 Å². The maximum Gasteiger partial charge on any atom is 0.246 e. The molecule has 1 aliphatic heterocycles. The molecule has 0 spiro atoms. The number of thiazole rings is 1. The molecule has 2 N–H and O–H groups in total. The first kappa shape index (κ1) is 28.8. The maximum atomic E-state index is 13.7. The lowest BCUT2D eigenvalue weighted by Crippen LogP contribution is -2.58. The van der Waals surface area contributed by atoms with Crippen molar-refractivity contribution in [3.05, 3.63) is 41.0 Å². The van der Waals surface area contributed by atoms with Crippen molar-refractivity contribution < 1.29 is 14.4 Å². The number of nitrogens with zero attached hydrogens (tertiary/aromatic N) is 2. The Morgan fingerprint density at radius 3 is 2.27 bits per heavy atom. The van der Waals surface area contributed by atoms with Crippen LogP contribution in [-0.4, -0.2) is 46.2 Å². The topological polar surface area (TPSA) is 91.4 Å². The summed E-state index contributed by atoms with van der Waals surface area (Å²) >= 11 is 1.61. The van der Waals surface area contributed by atoms with Crippen molar-refractivity contribution in [3.63, 3.8) is 0 Å². The molecule has 1 aliphatic rings. The van der Waals surface area contributed by atoms with Crippen molar-refractivity contribution in [2.24, 2.45) is 10.8 Å². The van der Waals surface area contributed by atoms with Gasteiger partial charge < -0.3 is 15.5 Å². The Morgan fingerprint density at radius 1 is 1.08 bits per heavy atom. The van der Waals surface area contributed by atoms with E-state index in [1.54, 1.807) is 16.2 Å². The third-order valence-electron chi connectivity index (χ3n) is 6.72. The van der Waals surface area contributed by atoms with E-state index in [0.29, 0.717) is 19.4 Å². The van der Waals surface area contributed by atoms with Gasteiger partial charge in [-0.1, -0.05) is 65.8 Å². The minimum absolute atomic E-state index is 0.147. The van der Waals surface area contributed by atoms with Crippen molar-refractivity contribution >= 4 is 29.1 Å². The first-order chi connectivity index (χ1) is 17.2. The van der Waals surface area contributed by atoms with E-state index in [-0.39, 0.29) is 29.2 Å². The Bertz CT molecular complexity index is 1110. The average molecular weight is 527 g/mol. The van der Waals surface area contributed by atoms with E-state index in [4.69, 9.17) is 0 Å². The van der Waals surface area contributed by atoms with Gasteiger partial charge in [0.15, 0.2) is 0 Å². The largest absolute Gasteiger partial charge is 0.348 e. The van der Waals surface area contributed by atoms with E-state index >= 15 is 0 Å². The number of amides is 3. The molecule has 3 amide bonds. The maximum absolute atomic E-state index is 13.7. The van der Waals surface area contributed by atoms with Crippen LogP contribution in [0.3, 0.4) is 0 Å². The second-order valence-corrected chi connectivity index (χ2v) is 13.3. The summed E-state index contributed by atoms with van der Waals surface area (Å²) < 4.78 is 0. The molecule has 37 heavy (non-hydrogen) atoms. The first-order valence-corrected chi connectivity index (χ1v) is 14.0. The second kappa shape index (κ2) is 11.3. The number of aromatic nitrogens is 1. The highest BCUT2D eigenvalue weighted by Gasteiger charge is 2.42. The Labute approximate surface area is 225 Å². The van der Waals surface area contributed by atoms with Gasteiger partial charge in [-0.15, -0.1) is 11.3 Å². The van der Waals surface area contributed by atoms with Gasteiger partial charge in [0.2, 0.25) is 17.7 Å². The normalized spacial score (nSPS) is 17.8. The molecular weight excluding hydrogens is 484 g/mol. The summed E-state index contributed by atoms with van der Waals surface area (Å²) in [5, 5.41) is 6.08. The molecule has 8 heteroatoms. The van der Waals surface area contributed by atoms with E-state index in [1.165, 1.54) is 0 Å². The average Bonchev–Trinajstić information content (AvgIpc) is 3.44. The highest BCUT2D eigenvalue weighted by molar-refractivity contribution is 7.13. The van der Waals surface area contributed by atoms with Crippen LogP contribution in [0.15, 0.2) is 29.8 Å². The molecule has 1 aromatic carbocycles. The molecule has 1 saturated heterocycles. The van der Waals surface area contributed by atoms with Crippen LogP contribution in [0.5, 0.6) is 0 Å². The lowest BCUT2D eigenvalue weighted by molar-refractivity contribution is -0.144. The predicted octanol–water partition coefficient (Wildman–Crippen LogP) is 5.25. The summed E-state index contributed by atoms with van der Waals surface area (Å²) in [6, 6.07) is 6.71. The number of hydrogen-bond acceptors (Lipinski definition) is 5. The fourth-order valence-corrected chi connectivity index (χ4v) is 5.52. The lowest BCUT2D eigenvalue weighted by Gasteiger charge is -2.36. The molecule has 3 rings (SSSR count). The van der Waals surface area contributed by atoms with Crippen molar-refractivity contribution in [2.45, 2.75) is 92.8 Å². The number of benzene rings is 1. The molecule has 0 saturated carbocycles. The molecule has 2 aromatic rings. The fourth-order valence-electron chi connectivity index (χ4n) is 4.71. The van der Waals surface area contributed by atoms with Crippen LogP contribution in [-0.2, 0) is 14.4 Å². The molecule has 7 nitrogen and oxygen atoms in total. The van der Waals surface area contributed by atoms with Crippen molar-refractivity contribution in [3.8, 4) is 10.4 Å². The summed E-state index contributed by atoms with van der Waals surface area (Å²) in [5.41, 5.74) is 4.29. The third-order valence-corrected chi connectivity index (χ3v) is 7.70. The summed E-state index contributed by atoms with van der Waals surface area (Å²) in [6.45, 7) is 16.3. The molecule has 2 heterocycles. The molecule has 1 fully saturated rings. The molecule has 0 unspecified atom stereocenters. The third kappa shape index (κ3) is 7.40. The zero-order valence-corrected chi connectivity index (χ0v) is 24.3. The number of likely N-dealkylation sites (tertiary alicyclic amines) is 1. The highest BCUT2D eigenvalue weighted by Crippen LogP contribution is 2.29. The number of nitrogens with one attached hydrogen (secondary N) is 2. The molecule has 3 atom stereocenters. The van der Waals surface area contributed by atoms with Gasteiger partial charge in [-0.3, -0.25) is 14.4 Å². The van der Waals surface area contributed by atoms with Gasteiger partial charge in [0.05, 0.1) is 22.1 Å². The van der Waals surface area contributed by atoms with Gasteiger partial charge in [0.1, 0.15) is 12.1 Å². The number of rotatable bonds is 7. The minimum Gasteiger partial charge on any atom is -0.348 e. The van der Waals surface area contributed by atoms with Crippen LogP contribution in [0.25, 0.3) is 10.4 Å². The van der Waals surface area contributed by atoms with Gasteiger partial charge in [-0.05, 0) is 48.6 Å². The second-order valence-electron chi connectivity index (χ2n) is 12.4. The van der Waals surface area contributed by atoms with Gasteiger partial charge in [-0.25, -0.2) is 4.98 Å². The summed E-state index contributed by atoms with van der Waals surface area (Å²) in [6.07, 6.45) is 1.70. The predicted molar refractivity (Wildman–Crippen MR) is 149 cm³/mol. The molecular formula is C29H42N4O3S. The molecule has 0 radical (unpaired) electrons. The fraction of sp³-hybridized carbons (Fsp3) is 0.586.